The molecule has 2 aromatic rings. The van der Waals surface area contributed by atoms with Gasteiger partial charge in [0.25, 0.3) is 0 Å². The molecule has 9 heteroatoms. The molecule has 1 amide bonds. The molecule has 0 unspecified atom stereocenters. The number of aryl methyl sites for hydroxylation is 2. The number of aromatic nitrogens is 1. The number of piperidine rings is 1. The molecular formula is C24H32N4O4S. The predicted molar refractivity (Wildman–Crippen MR) is 126 cm³/mol. The van der Waals surface area contributed by atoms with Crippen LogP contribution in [-0.2, 0) is 14.8 Å². The molecule has 3 heterocycles. The van der Waals surface area contributed by atoms with Crippen LogP contribution in [0, 0.1) is 19.8 Å². The summed E-state index contributed by atoms with van der Waals surface area (Å²) in [6.07, 6.45) is 5.38. The van der Waals surface area contributed by atoms with E-state index in [0.717, 1.165) is 32.7 Å². The van der Waals surface area contributed by atoms with Gasteiger partial charge in [0.15, 0.2) is 5.76 Å². The molecule has 0 radical (unpaired) electrons. The average Bonchev–Trinajstić information content (AvgIpc) is 3.18. The second-order valence-electron chi connectivity index (χ2n) is 8.77. The van der Waals surface area contributed by atoms with Crippen LogP contribution in [-0.4, -0.2) is 79.4 Å². The van der Waals surface area contributed by atoms with Gasteiger partial charge in [0.2, 0.25) is 15.9 Å². The number of amides is 1. The second kappa shape index (κ2) is 10.2. The van der Waals surface area contributed by atoms with Gasteiger partial charge in [0.1, 0.15) is 10.6 Å². The van der Waals surface area contributed by atoms with Crippen molar-refractivity contribution in [2.45, 2.75) is 31.6 Å². The van der Waals surface area contributed by atoms with Crippen LogP contribution in [0.4, 0.5) is 0 Å². The molecule has 1 aromatic carbocycles. The number of carbonyl (C=O) groups is 1. The van der Waals surface area contributed by atoms with E-state index in [-0.39, 0.29) is 16.7 Å². The van der Waals surface area contributed by atoms with E-state index in [2.05, 4.69) is 34.3 Å². The monoisotopic (exact) mass is 472 g/mol. The number of hydrogen-bond donors (Lipinski definition) is 0. The van der Waals surface area contributed by atoms with Gasteiger partial charge >= 0.3 is 0 Å². The Morgan fingerprint density at radius 2 is 1.73 bits per heavy atom. The molecule has 4 rings (SSSR count). The van der Waals surface area contributed by atoms with Crippen LogP contribution in [0.2, 0.25) is 0 Å². The Balaban J connectivity index is 1.25. The average molecular weight is 473 g/mol. The molecule has 1 aromatic heterocycles. The fourth-order valence-electron chi connectivity index (χ4n) is 4.63. The molecule has 0 atom stereocenters. The van der Waals surface area contributed by atoms with Gasteiger partial charge in [-0.15, -0.1) is 0 Å². The van der Waals surface area contributed by atoms with E-state index in [9.17, 15) is 13.2 Å². The summed E-state index contributed by atoms with van der Waals surface area (Å²) in [6.45, 7) is 7.94. The normalized spacial score (nSPS) is 19.4. The van der Waals surface area contributed by atoms with Gasteiger partial charge in [0, 0.05) is 51.7 Å². The SMILES string of the molecule is Cc1noc(C)c1S(=O)(=O)N1CCC(C(=O)N2CCN(C/C=C/c3ccccc3)CC2)CC1. The number of piperazine rings is 1. The van der Waals surface area contributed by atoms with E-state index in [4.69, 9.17) is 4.52 Å². The van der Waals surface area contributed by atoms with Gasteiger partial charge < -0.3 is 9.42 Å². The maximum Gasteiger partial charge on any atom is 0.248 e. The van der Waals surface area contributed by atoms with Crippen molar-refractivity contribution in [1.29, 1.82) is 0 Å². The Bertz CT molecular complexity index is 1060. The van der Waals surface area contributed by atoms with Gasteiger partial charge in [-0.1, -0.05) is 47.6 Å². The number of nitrogens with zero attached hydrogens (tertiary/aromatic N) is 4. The lowest BCUT2D eigenvalue weighted by Crippen LogP contribution is -2.51. The summed E-state index contributed by atoms with van der Waals surface area (Å²) in [6, 6.07) is 10.2. The quantitative estimate of drug-likeness (QED) is 0.642. The van der Waals surface area contributed by atoms with Gasteiger partial charge in [-0.3, -0.25) is 9.69 Å². The molecule has 178 valence electrons. The van der Waals surface area contributed by atoms with E-state index in [0.29, 0.717) is 37.4 Å². The topological polar surface area (TPSA) is 87.0 Å². The summed E-state index contributed by atoms with van der Waals surface area (Å²) < 4.78 is 32.5. The summed E-state index contributed by atoms with van der Waals surface area (Å²) in [5, 5.41) is 3.77. The summed E-state index contributed by atoms with van der Waals surface area (Å²) in [4.78, 5) is 17.5. The molecular weight excluding hydrogens is 440 g/mol. The maximum absolute atomic E-state index is 13.1. The molecule has 0 aliphatic carbocycles. The third kappa shape index (κ3) is 5.37. The van der Waals surface area contributed by atoms with E-state index in [1.165, 1.54) is 9.87 Å². The maximum atomic E-state index is 13.1. The minimum absolute atomic E-state index is 0.120. The van der Waals surface area contributed by atoms with Crippen molar-refractivity contribution in [3.8, 4) is 0 Å². The Morgan fingerprint density at radius 1 is 1.06 bits per heavy atom. The lowest BCUT2D eigenvalue weighted by Gasteiger charge is -2.38. The van der Waals surface area contributed by atoms with Crippen LogP contribution in [0.15, 0.2) is 45.8 Å². The van der Waals surface area contributed by atoms with Crippen molar-refractivity contribution in [2.24, 2.45) is 5.92 Å². The second-order valence-corrected chi connectivity index (χ2v) is 10.6. The minimum atomic E-state index is -3.65. The first-order valence-corrected chi connectivity index (χ1v) is 13.0. The van der Waals surface area contributed by atoms with Crippen LogP contribution >= 0.6 is 0 Å². The Kier molecular flexibility index (Phi) is 7.31. The molecule has 33 heavy (non-hydrogen) atoms. The first kappa shape index (κ1) is 23.7. The molecule has 8 nitrogen and oxygen atoms in total. The lowest BCUT2D eigenvalue weighted by molar-refractivity contribution is -0.138. The fraction of sp³-hybridized carbons (Fsp3) is 0.500. The molecule has 2 aliphatic heterocycles. The summed E-state index contributed by atoms with van der Waals surface area (Å²) >= 11 is 0. The zero-order valence-corrected chi connectivity index (χ0v) is 20.1. The highest BCUT2D eigenvalue weighted by Gasteiger charge is 2.36. The molecule has 0 bridgehead atoms. The molecule has 2 fully saturated rings. The number of carbonyl (C=O) groups excluding carboxylic acids is 1. The van der Waals surface area contributed by atoms with Crippen molar-refractivity contribution in [1.82, 2.24) is 19.3 Å². The van der Waals surface area contributed by atoms with Gasteiger partial charge in [-0.25, -0.2) is 8.42 Å². The number of benzene rings is 1. The third-order valence-corrected chi connectivity index (χ3v) is 8.67. The predicted octanol–water partition coefficient (Wildman–Crippen LogP) is 2.55. The molecule has 2 saturated heterocycles. The summed E-state index contributed by atoms with van der Waals surface area (Å²) in [7, 11) is -3.65. The highest BCUT2D eigenvalue weighted by Crippen LogP contribution is 2.28. The third-order valence-electron chi connectivity index (χ3n) is 6.53. The minimum Gasteiger partial charge on any atom is -0.360 e. The van der Waals surface area contributed by atoms with Crippen molar-refractivity contribution in [3.63, 3.8) is 0 Å². The lowest BCUT2D eigenvalue weighted by atomic mass is 9.96. The first-order chi connectivity index (χ1) is 15.9. The van der Waals surface area contributed by atoms with E-state index in [1.807, 2.05) is 23.1 Å². The van der Waals surface area contributed by atoms with E-state index >= 15 is 0 Å². The first-order valence-electron chi connectivity index (χ1n) is 11.5. The fourth-order valence-corrected chi connectivity index (χ4v) is 6.39. The van der Waals surface area contributed by atoms with Crippen molar-refractivity contribution >= 4 is 22.0 Å². The Morgan fingerprint density at radius 3 is 2.33 bits per heavy atom. The van der Waals surface area contributed by atoms with Crippen LogP contribution in [0.25, 0.3) is 6.08 Å². The number of hydrogen-bond acceptors (Lipinski definition) is 6. The van der Waals surface area contributed by atoms with Crippen LogP contribution in [0.1, 0.15) is 29.9 Å². The smallest absolute Gasteiger partial charge is 0.248 e. The summed E-state index contributed by atoms with van der Waals surface area (Å²) in [5.41, 5.74) is 1.57. The van der Waals surface area contributed by atoms with Gasteiger partial charge in [0.05, 0.1) is 0 Å². The van der Waals surface area contributed by atoms with Crippen molar-refractivity contribution < 1.29 is 17.7 Å². The van der Waals surface area contributed by atoms with Crippen molar-refractivity contribution in [3.05, 3.63) is 53.4 Å². The van der Waals surface area contributed by atoms with E-state index < -0.39 is 10.0 Å². The summed E-state index contributed by atoms with van der Waals surface area (Å²) in [5.74, 6) is 0.344. The standard InChI is InChI=1S/C24H32N4O4S/c1-19-23(20(2)32-25-19)33(30,31)28-13-10-22(11-14-28)24(29)27-17-15-26(16-18-27)12-6-9-21-7-4-3-5-8-21/h3-9,22H,10-18H2,1-2H3/b9-6+. The molecule has 0 saturated carbocycles. The number of sulfonamides is 1. The highest BCUT2D eigenvalue weighted by atomic mass is 32.2. The van der Waals surface area contributed by atoms with Crippen LogP contribution < -0.4 is 0 Å². The Labute approximate surface area is 195 Å². The van der Waals surface area contributed by atoms with Crippen LogP contribution in [0.3, 0.4) is 0 Å². The van der Waals surface area contributed by atoms with E-state index in [1.54, 1.807) is 13.8 Å². The van der Waals surface area contributed by atoms with Gasteiger partial charge in [-0.05, 0) is 32.3 Å². The zero-order chi connectivity index (χ0) is 23.4. The van der Waals surface area contributed by atoms with Crippen LogP contribution in [0.5, 0.6) is 0 Å². The van der Waals surface area contributed by atoms with Crippen molar-refractivity contribution in [2.75, 3.05) is 45.8 Å². The molecule has 2 aliphatic rings. The molecule has 0 N–H and O–H groups in total. The molecule has 0 spiro atoms. The largest absolute Gasteiger partial charge is 0.360 e. The highest BCUT2D eigenvalue weighted by molar-refractivity contribution is 7.89. The Hall–Kier alpha value is -2.49. The number of rotatable bonds is 6. The zero-order valence-electron chi connectivity index (χ0n) is 19.3. The van der Waals surface area contributed by atoms with Gasteiger partial charge in [-0.2, -0.15) is 4.31 Å².